The minimum atomic E-state index is -0.523. The maximum absolute atomic E-state index is 12.1. The summed E-state index contributed by atoms with van der Waals surface area (Å²) < 4.78 is 0. The van der Waals surface area contributed by atoms with Crippen molar-refractivity contribution in [2.45, 2.75) is 40.2 Å². The van der Waals surface area contributed by atoms with E-state index in [1.165, 1.54) is 0 Å². The Hall–Kier alpha value is -1.55. The van der Waals surface area contributed by atoms with Crippen LogP contribution in [0.1, 0.15) is 44.5 Å². The topological polar surface area (TPSA) is 61.4 Å². The Morgan fingerprint density at radius 1 is 1.30 bits per heavy atom. The number of para-hydroxylation sites is 1. The first-order valence-corrected chi connectivity index (χ1v) is 7.12. The zero-order chi connectivity index (χ0) is 15.2. The number of rotatable bonds is 6. The zero-order valence-electron chi connectivity index (χ0n) is 12.9. The summed E-state index contributed by atoms with van der Waals surface area (Å²) in [6, 6.07) is 7.39. The summed E-state index contributed by atoms with van der Waals surface area (Å²) in [7, 11) is 0. The first-order chi connectivity index (χ1) is 9.33. The second-order valence-corrected chi connectivity index (χ2v) is 6.20. The number of aliphatic hydroxyl groups is 1. The van der Waals surface area contributed by atoms with Gasteiger partial charge in [0.05, 0.1) is 11.7 Å². The predicted molar refractivity (Wildman–Crippen MR) is 83.0 cm³/mol. The van der Waals surface area contributed by atoms with Gasteiger partial charge in [0.25, 0.3) is 5.91 Å². The van der Waals surface area contributed by atoms with Crippen LogP contribution in [0.4, 0.5) is 5.69 Å². The molecular weight excluding hydrogens is 252 g/mol. The smallest absolute Gasteiger partial charge is 0.253 e. The SMILES string of the molecule is CCNc1ccccc1C(=O)NCC(O)CC(C)(C)C. The summed E-state index contributed by atoms with van der Waals surface area (Å²) in [4.78, 5) is 12.1. The number of amides is 1. The van der Waals surface area contributed by atoms with Crippen LogP contribution in [-0.4, -0.2) is 30.2 Å². The van der Waals surface area contributed by atoms with Crippen LogP contribution in [0, 0.1) is 5.41 Å². The molecule has 0 saturated heterocycles. The molecule has 20 heavy (non-hydrogen) atoms. The normalized spacial score (nSPS) is 12.8. The predicted octanol–water partition coefficient (Wildman–Crippen LogP) is 2.65. The molecule has 0 aliphatic carbocycles. The highest BCUT2D eigenvalue weighted by Crippen LogP contribution is 2.20. The van der Waals surface area contributed by atoms with E-state index in [-0.39, 0.29) is 17.9 Å². The van der Waals surface area contributed by atoms with Crippen molar-refractivity contribution < 1.29 is 9.90 Å². The molecule has 1 rings (SSSR count). The molecule has 1 aromatic rings. The van der Waals surface area contributed by atoms with Gasteiger partial charge in [0.2, 0.25) is 0 Å². The van der Waals surface area contributed by atoms with Crippen molar-refractivity contribution in [2.24, 2.45) is 5.41 Å². The van der Waals surface area contributed by atoms with Gasteiger partial charge in [0, 0.05) is 18.8 Å². The molecule has 0 saturated carbocycles. The van der Waals surface area contributed by atoms with E-state index in [0.29, 0.717) is 12.0 Å². The average Bonchev–Trinajstić information content (AvgIpc) is 2.35. The standard InChI is InChI=1S/C16H26N2O2/c1-5-17-14-9-7-6-8-13(14)15(20)18-11-12(19)10-16(2,3)4/h6-9,12,17,19H,5,10-11H2,1-4H3,(H,18,20). The highest BCUT2D eigenvalue weighted by Gasteiger charge is 2.18. The molecule has 4 nitrogen and oxygen atoms in total. The molecule has 0 fully saturated rings. The van der Waals surface area contributed by atoms with Gasteiger partial charge in [-0.05, 0) is 30.9 Å². The van der Waals surface area contributed by atoms with E-state index in [1.54, 1.807) is 6.07 Å². The molecule has 0 aliphatic rings. The fourth-order valence-electron chi connectivity index (χ4n) is 2.11. The molecule has 1 atom stereocenters. The second kappa shape index (κ2) is 7.29. The summed E-state index contributed by atoms with van der Waals surface area (Å²) in [5, 5.41) is 15.9. The van der Waals surface area contributed by atoms with Gasteiger partial charge >= 0.3 is 0 Å². The highest BCUT2D eigenvalue weighted by atomic mass is 16.3. The van der Waals surface area contributed by atoms with E-state index in [0.717, 1.165) is 12.2 Å². The van der Waals surface area contributed by atoms with Crippen molar-refractivity contribution in [2.75, 3.05) is 18.4 Å². The number of aliphatic hydroxyl groups excluding tert-OH is 1. The average molecular weight is 278 g/mol. The van der Waals surface area contributed by atoms with Crippen molar-refractivity contribution in [3.05, 3.63) is 29.8 Å². The molecular formula is C16H26N2O2. The van der Waals surface area contributed by atoms with E-state index in [4.69, 9.17) is 0 Å². The Labute approximate surface area is 121 Å². The molecule has 0 aromatic heterocycles. The number of hydrogen-bond acceptors (Lipinski definition) is 3. The lowest BCUT2D eigenvalue weighted by Gasteiger charge is -2.22. The van der Waals surface area contributed by atoms with E-state index in [2.05, 4.69) is 31.4 Å². The van der Waals surface area contributed by atoms with Gasteiger partial charge in [-0.3, -0.25) is 4.79 Å². The molecule has 0 aliphatic heterocycles. The molecule has 112 valence electrons. The highest BCUT2D eigenvalue weighted by molar-refractivity contribution is 5.99. The van der Waals surface area contributed by atoms with Crippen molar-refractivity contribution >= 4 is 11.6 Å². The minimum Gasteiger partial charge on any atom is -0.391 e. The Kier molecular flexibility index (Phi) is 6.02. The van der Waals surface area contributed by atoms with E-state index < -0.39 is 6.10 Å². The second-order valence-electron chi connectivity index (χ2n) is 6.20. The Morgan fingerprint density at radius 2 is 1.95 bits per heavy atom. The molecule has 1 unspecified atom stereocenters. The third kappa shape index (κ3) is 5.61. The fraction of sp³-hybridized carbons (Fsp3) is 0.562. The molecule has 1 amide bonds. The lowest BCUT2D eigenvalue weighted by molar-refractivity contribution is 0.0869. The third-order valence-corrected chi connectivity index (χ3v) is 2.89. The van der Waals surface area contributed by atoms with Crippen molar-refractivity contribution in [3.63, 3.8) is 0 Å². The largest absolute Gasteiger partial charge is 0.391 e. The molecule has 0 heterocycles. The Bertz CT molecular complexity index is 438. The van der Waals surface area contributed by atoms with Crippen LogP contribution in [0.25, 0.3) is 0 Å². The number of carbonyl (C=O) groups excluding carboxylic acids is 1. The molecule has 1 aromatic carbocycles. The summed E-state index contributed by atoms with van der Waals surface area (Å²) in [5.74, 6) is -0.158. The number of nitrogens with one attached hydrogen (secondary N) is 2. The van der Waals surface area contributed by atoms with E-state index in [1.807, 2.05) is 25.1 Å². The molecule has 0 radical (unpaired) electrons. The molecule has 0 spiro atoms. The van der Waals surface area contributed by atoms with Gasteiger partial charge in [-0.1, -0.05) is 32.9 Å². The lowest BCUT2D eigenvalue weighted by atomic mass is 9.89. The van der Waals surface area contributed by atoms with E-state index in [9.17, 15) is 9.90 Å². The molecule has 3 N–H and O–H groups in total. The number of benzene rings is 1. The monoisotopic (exact) mass is 278 g/mol. The first kappa shape index (κ1) is 16.5. The maximum Gasteiger partial charge on any atom is 0.253 e. The molecule has 0 bridgehead atoms. The van der Waals surface area contributed by atoms with Crippen LogP contribution in [0.2, 0.25) is 0 Å². The third-order valence-electron chi connectivity index (χ3n) is 2.89. The Morgan fingerprint density at radius 3 is 2.55 bits per heavy atom. The lowest BCUT2D eigenvalue weighted by Crippen LogP contribution is -2.34. The molecule has 4 heteroatoms. The van der Waals surface area contributed by atoms with Crippen LogP contribution >= 0.6 is 0 Å². The summed E-state index contributed by atoms with van der Waals surface area (Å²) in [6.07, 6.45) is 0.132. The van der Waals surface area contributed by atoms with Crippen LogP contribution in [-0.2, 0) is 0 Å². The summed E-state index contributed by atoms with van der Waals surface area (Å²) in [6.45, 7) is 9.23. The summed E-state index contributed by atoms with van der Waals surface area (Å²) in [5.41, 5.74) is 1.47. The minimum absolute atomic E-state index is 0.0474. The quantitative estimate of drug-likeness (QED) is 0.749. The van der Waals surface area contributed by atoms with Crippen LogP contribution < -0.4 is 10.6 Å². The zero-order valence-corrected chi connectivity index (χ0v) is 12.9. The maximum atomic E-state index is 12.1. The van der Waals surface area contributed by atoms with Gasteiger partial charge in [-0.25, -0.2) is 0 Å². The van der Waals surface area contributed by atoms with Gasteiger partial charge in [0.1, 0.15) is 0 Å². The number of hydrogen-bond donors (Lipinski definition) is 3. The Balaban J connectivity index is 2.59. The van der Waals surface area contributed by atoms with Crippen LogP contribution in [0.3, 0.4) is 0 Å². The van der Waals surface area contributed by atoms with Gasteiger partial charge < -0.3 is 15.7 Å². The summed E-state index contributed by atoms with van der Waals surface area (Å²) >= 11 is 0. The number of carbonyl (C=O) groups is 1. The first-order valence-electron chi connectivity index (χ1n) is 7.12. The van der Waals surface area contributed by atoms with Crippen LogP contribution in [0.15, 0.2) is 24.3 Å². The van der Waals surface area contributed by atoms with Crippen molar-refractivity contribution in [3.8, 4) is 0 Å². The number of anilines is 1. The van der Waals surface area contributed by atoms with Crippen molar-refractivity contribution in [1.82, 2.24) is 5.32 Å². The van der Waals surface area contributed by atoms with Crippen LogP contribution in [0.5, 0.6) is 0 Å². The van der Waals surface area contributed by atoms with E-state index >= 15 is 0 Å². The van der Waals surface area contributed by atoms with Gasteiger partial charge in [-0.2, -0.15) is 0 Å². The van der Waals surface area contributed by atoms with Gasteiger partial charge in [-0.15, -0.1) is 0 Å². The fourth-order valence-corrected chi connectivity index (χ4v) is 2.11. The van der Waals surface area contributed by atoms with Crippen molar-refractivity contribution in [1.29, 1.82) is 0 Å². The van der Waals surface area contributed by atoms with Gasteiger partial charge in [0.15, 0.2) is 0 Å².